The molecule has 0 saturated heterocycles. The molecule has 1 amide bonds. The van der Waals surface area contributed by atoms with Crippen molar-refractivity contribution >= 4 is 5.91 Å². The molecule has 0 atom stereocenters. The third kappa shape index (κ3) is 3.88. The summed E-state index contributed by atoms with van der Waals surface area (Å²) in [5, 5.41) is 2.91. The molecule has 4 nitrogen and oxygen atoms in total. The third-order valence-electron chi connectivity index (χ3n) is 2.90. The van der Waals surface area contributed by atoms with E-state index in [0.29, 0.717) is 12.1 Å². The molecule has 0 aliphatic carbocycles. The van der Waals surface area contributed by atoms with Crippen LogP contribution in [0.3, 0.4) is 0 Å². The molecule has 0 bridgehead atoms. The lowest BCUT2D eigenvalue weighted by Gasteiger charge is -2.06. The minimum atomic E-state index is -0.0461. The van der Waals surface area contributed by atoms with E-state index >= 15 is 0 Å². The molecule has 19 heavy (non-hydrogen) atoms. The minimum absolute atomic E-state index is 0.0461. The van der Waals surface area contributed by atoms with E-state index in [1.165, 1.54) is 0 Å². The van der Waals surface area contributed by atoms with Gasteiger partial charge in [-0.2, -0.15) is 0 Å². The van der Waals surface area contributed by atoms with Crippen molar-refractivity contribution in [2.75, 3.05) is 13.7 Å². The third-order valence-corrected chi connectivity index (χ3v) is 2.90. The Balaban J connectivity index is 1.74. The summed E-state index contributed by atoms with van der Waals surface area (Å²) in [6.07, 6.45) is 4.95. The van der Waals surface area contributed by atoms with Crippen molar-refractivity contribution in [1.82, 2.24) is 9.88 Å². The number of amides is 1. The van der Waals surface area contributed by atoms with Crippen LogP contribution in [0.4, 0.5) is 0 Å². The van der Waals surface area contributed by atoms with Crippen molar-refractivity contribution < 1.29 is 9.53 Å². The molecule has 0 spiro atoms. The number of nitrogens with one attached hydrogen (secondary N) is 1. The van der Waals surface area contributed by atoms with Crippen molar-refractivity contribution in [3.63, 3.8) is 0 Å². The zero-order valence-corrected chi connectivity index (χ0v) is 11.0. The van der Waals surface area contributed by atoms with Gasteiger partial charge in [0.1, 0.15) is 5.75 Å². The molecule has 1 aromatic heterocycles. The number of aromatic nitrogens is 1. The molecule has 0 aliphatic rings. The predicted octanol–water partition coefficient (Wildman–Crippen LogP) is 2.32. The minimum Gasteiger partial charge on any atom is -0.497 e. The summed E-state index contributed by atoms with van der Waals surface area (Å²) in [6, 6.07) is 11.1. The largest absolute Gasteiger partial charge is 0.497 e. The van der Waals surface area contributed by atoms with Gasteiger partial charge in [-0.05, 0) is 42.8 Å². The summed E-state index contributed by atoms with van der Waals surface area (Å²) < 4.78 is 7.15. The summed E-state index contributed by atoms with van der Waals surface area (Å²) in [5.74, 6) is 0.708. The highest BCUT2D eigenvalue weighted by Crippen LogP contribution is 2.10. The van der Waals surface area contributed by atoms with Gasteiger partial charge >= 0.3 is 0 Å². The van der Waals surface area contributed by atoms with Gasteiger partial charge in [0.05, 0.1) is 7.11 Å². The maximum absolute atomic E-state index is 11.8. The molecule has 0 radical (unpaired) electrons. The van der Waals surface area contributed by atoms with Crippen LogP contribution in [0.25, 0.3) is 0 Å². The second kappa shape index (κ2) is 6.64. The average molecular weight is 258 g/mol. The predicted molar refractivity (Wildman–Crippen MR) is 74.4 cm³/mol. The molecule has 1 heterocycles. The Labute approximate surface area is 113 Å². The van der Waals surface area contributed by atoms with Crippen molar-refractivity contribution in [1.29, 1.82) is 0 Å². The summed E-state index contributed by atoms with van der Waals surface area (Å²) in [7, 11) is 1.61. The number of aryl methyl sites for hydroxylation is 1. The number of methoxy groups -OCH3 is 1. The molecule has 0 aliphatic heterocycles. The zero-order valence-electron chi connectivity index (χ0n) is 11.0. The SMILES string of the molecule is COc1ccc(C(=O)NCCCn2cccc2)cc1. The van der Waals surface area contributed by atoms with Gasteiger partial charge in [-0.25, -0.2) is 0 Å². The van der Waals surface area contributed by atoms with Gasteiger partial charge in [-0.3, -0.25) is 4.79 Å². The van der Waals surface area contributed by atoms with E-state index in [1.807, 2.05) is 24.5 Å². The van der Waals surface area contributed by atoms with E-state index in [-0.39, 0.29) is 5.91 Å². The fourth-order valence-corrected chi connectivity index (χ4v) is 1.83. The van der Waals surface area contributed by atoms with E-state index in [9.17, 15) is 4.79 Å². The van der Waals surface area contributed by atoms with Crippen LogP contribution < -0.4 is 10.1 Å². The van der Waals surface area contributed by atoms with Crippen LogP contribution in [0.2, 0.25) is 0 Å². The topological polar surface area (TPSA) is 43.3 Å². The molecule has 1 N–H and O–H groups in total. The van der Waals surface area contributed by atoms with E-state index in [1.54, 1.807) is 31.4 Å². The van der Waals surface area contributed by atoms with Gasteiger partial charge in [0.25, 0.3) is 5.91 Å². The number of benzene rings is 1. The summed E-state index contributed by atoms with van der Waals surface area (Å²) in [4.78, 5) is 11.8. The van der Waals surface area contributed by atoms with Crippen LogP contribution in [-0.4, -0.2) is 24.1 Å². The maximum Gasteiger partial charge on any atom is 0.251 e. The van der Waals surface area contributed by atoms with Crippen molar-refractivity contribution in [2.24, 2.45) is 0 Å². The summed E-state index contributed by atoms with van der Waals surface area (Å²) in [6.45, 7) is 1.58. The van der Waals surface area contributed by atoms with Gasteiger partial charge in [0.15, 0.2) is 0 Å². The van der Waals surface area contributed by atoms with E-state index < -0.39 is 0 Å². The molecule has 100 valence electrons. The standard InChI is InChI=1S/C15H18N2O2/c1-19-14-7-5-13(6-8-14)15(18)16-9-4-12-17-10-2-3-11-17/h2-3,5-8,10-11H,4,9,12H2,1H3,(H,16,18). The highest BCUT2D eigenvalue weighted by molar-refractivity contribution is 5.94. The first-order valence-corrected chi connectivity index (χ1v) is 6.32. The summed E-state index contributed by atoms with van der Waals surface area (Å²) in [5.41, 5.74) is 0.654. The first-order chi connectivity index (χ1) is 9.29. The second-order valence-corrected chi connectivity index (χ2v) is 4.26. The molecular weight excluding hydrogens is 240 g/mol. The van der Waals surface area contributed by atoms with Crippen LogP contribution in [-0.2, 0) is 6.54 Å². The molecule has 2 aromatic rings. The van der Waals surface area contributed by atoms with Gasteiger partial charge < -0.3 is 14.6 Å². The van der Waals surface area contributed by atoms with Gasteiger partial charge in [-0.15, -0.1) is 0 Å². The van der Waals surface area contributed by atoms with Crippen LogP contribution in [0, 0.1) is 0 Å². The van der Waals surface area contributed by atoms with Crippen LogP contribution in [0.1, 0.15) is 16.8 Å². The van der Waals surface area contributed by atoms with Crippen molar-refractivity contribution in [3.8, 4) is 5.75 Å². The monoisotopic (exact) mass is 258 g/mol. The first kappa shape index (κ1) is 13.2. The van der Waals surface area contributed by atoms with Crippen LogP contribution in [0.5, 0.6) is 5.75 Å². The number of hydrogen-bond donors (Lipinski definition) is 1. The Bertz CT molecular complexity index is 503. The Morgan fingerprint density at radius 2 is 1.89 bits per heavy atom. The van der Waals surface area contributed by atoms with E-state index in [2.05, 4.69) is 9.88 Å². The first-order valence-electron chi connectivity index (χ1n) is 6.32. The number of carbonyl (C=O) groups excluding carboxylic acids is 1. The number of ether oxygens (including phenoxy) is 1. The Kier molecular flexibility index (Phi) is 4.61. The Morgan fingerprint density at radius 3 is 2.53 bits per heavy atom. The highest BCUT2D eigenvalue weighted by atomic mass is 16.5. The normalized spacial score (nSPS) is 10.2. The van der Waals surface area contributed by atoms with Gasteiger partial charge in [0, 0.05) is 31.0 Å². The quantitative estimate of drug-likeness (QED) is 0.808. The van der Waals surface area contributed by atoms with Crippen molar-refractivity contribution in [3.05, 3.63) is 54.4 Å². The number of carbonyl (C=O) groups is 1. The number of nitrogens with zero attached hydrogens (tertiary/aromatic N) is 1. The number of hydrogen-bond acceptors (Lipinski definition) is 2. The molecule has 0 unspecified atom stereocenters. The molecule has 2 rings (SSSR count). The lowest BCUT2D eigenvalue weighted by atomic mass is 10.2. The fraction of sp³-hybridized carbons (Fsp3) is 0.267. The summed E-state index contributed by atoms with van der Waals surface area (Å²) >= 11 is 0. The maximum atomic E-state index is 11.8. The molecule has 0 fully saturated rings. The zero-order chi connectivity index (χ0) is 13.5. The van der Waals surface area contributed by atoms with Gasteiger partial charge in [-0.1, -0.05) is 0 Å². The Morgan fingerprint density at radius 1 is 1.21 bits per heavy atom. The fourth-order valence-electron chi connectivity index (χ4n) is 1.83. The van der Waals surface area contributed by atoms with Crippen LogP contribution in [0.15, 0.2) is 48.8 Å². The van der Waals surface area contributed by atoms with Crippen LogP contribution >= 0.6 is 0 Å². The molecule has 0 saturated carbocycles. The Hall–Kier alpha value is -2.23. The highest BCUT2D eigenvalue weighted by Gasteiger charge is 2.04. The molecular formula is C15H18N2O2. The average Bonchev–Trinajstić information content (AvgIpc) is 2.96. The van der Waals surface area contributed by atoms with E-state index in [4.69, 9.17) is 4.74 Å². The number of rotatable bonds is 6. The molecule has 4 heteroatoms. The molecule has 1 aromatic carbocycles. The lowest BCUT2D eigenvalue weighted by Crippen LogP contribution is -2.25. The smallest absolute Gasteiger partial charge is 0.251 e. The van der Waals surface area contributed by atoms with E-state index in [0.717, 1.165) is 18.7 Å². The second-order valence-electron chi connectivity index (χ2n) is 4.26. The lowest BCUT2D eigenvalue weighted by molar-refractivity contribution is 0.0952. The van der Waals surface area contributed by atoms with Gasteiger partial charge in [0.2, 0.25) is 0 Å². The van der Waals surface area contributed by atoms with Crippen molar-refractivity contribution in [2.45, 2.75) is 13.0 Å².